The zero-order chi connectivity index (χ0) is 23.7. The maximum Gasteiger partial charge on any atom is 0.240 e. The van der Waals surface area contributed by atoms with E-state index < -0.39 is 11.3 Å². The first-order valence-corrected chi connectivity index (χ1v) is 11.6. The van der Waals surface area contributed by atoms with Crippen molar-refractivity contribution >= 4 is 28.9 Å². The van der Waals surface area contributed by atoms with E-state index >= 15 is 0 Å². The van der Waals surface area contributed by atoms with Crippen molar-refractivity contribution in [1.29, 1.82) is 0 Å². The molecular weight excluding hydrogens is 428 g/mol. The Kier molecular flexibility index (Phi) is 5.69. The van der Waals surface area contributed by atoms with E-state index in [-0.39, 0.29) is 5.91 Å². The molecule has 0 bridgehead atoms. The summed E-state index contributed by atoms with van der Waals surface area (Å²) in [5.74, 6) is 0.441. The van der Waals surface area contributed by atoms with Gasteiger partial charge in [-0.2, -0.15) is 0 Å². The Labute approximate surface area is 198 Å². The number of anilines is 3. The van der Waals surface area contributed by atoms with E-state index in [9.17, 15) is 9.59 Å². The average Bonchev–Trinajstić information content (AvgIpc) is 3.75. The minimum Gasteiger partial charge on any atom is -0.487 e. The van der Waals surface area contributed by atoms with E-state index in [0.717, 1.165) is 41.2 Å². The second-order valence-corrected chi connectivity index (χ2v) is 9.14. The number of aromatic nitrogens is 1. The maximum absolute atomic E-state index is 12.7. The van der Waals surface area contributed by atoms with Gasteiger partial charge < -0.3 is 21.1 Å². The molecule has 2 amide bonds. The highest BCUT2D eigenvalue weighted by atomic mass is 16.5. The number of amides is 2. The molecule has 2 fully saturated rings. The van der Waals surface area contributed by atoms with Crippen LogP contribution in [0.15, 0.2) is 60.8 Å². The number of hydrogen-bond acceptors (Lipinski definition) is 5. The van der Waals surface area contributed by atoms with E-state index in [1.54, 1.807) is 6.20 Å². The van der Waals surface area contributed by atoms with Gasteiger partial charge in [0.2, 0.25) is 11.8 Å². The van der Waals surface area contributed by atoms with Crippen molar-refractivity contribution in [2.75, 3.05) is 10.6 Å². The van der Waals surface area contributed by atoms with Gasteiger partial charge in [-0.15, -0.1) is 0 Å². The summed E-state index contributed by atoms with van der Waals surface area (Å²) in [6, 6.07) is 17.6. The van der Waals surface area contributed by atoms with Gasteiger partial charge in [0.1, 0.15) is 17.8 Å². The van der Waals surface area contributed by atoms with E-state index in [0.29, 0.717) is 31.1 Å². The van der Waals surface area contributed by atoms with Crippen molar-refractivity contribution in [3.63, 3.8) is 0 Å². The number of pyridine rings is 1. The quantitative estimate of drug-likeness (QED) is 0.401. The van der Waals surface area contributed by atoms with Crippen LogP contribution in [0.2, 0.25) is 0 Å². The zero-order valence-electron chi connectivity index (χ0n) is 19.1. The molecule has 1 heterocycles. The molecule has 2 aromatic carbocycles. The van der Waals surface area contributed by atoms with Crippen LogP contribution in [0.1, 0.15) is 48.4 Å². The number of rotatable bonds is 9. The fraction of sp³-hybridized carbons (Fsp3) is 0.296. The summed E-state index contributed by atoms with van der Waals surface area (Å²) in [5, 5.41) is 6.45. The molecule has 2 saturated carbocycles. The maximum atomic E-state index is 12.7. The van der Waals surface area contributed by atoms with Gasteiger partial charge in [0.25, 0.3) is 0 Å². The lowest BCUT2D eigenvalue weighted by atomic mass is 10.0. The first-order chi connectivity index (χ1) is 16.5. The number of hydrogen-bond donors (Lipinski definition) is 3. The van der Waals surface area contributed by atoms with Gasteiger partial charge in [-0.1, -0.05) is 12.1 Å². The average molecular weight is 457 g/mol. The number of ether oxygens (including phenoxy) is 1. The second kappa shape index (κ2) is 8.82. The summed E-state index contributed by atoms with van der Waals surface area (Å²) in [6.45, 7) is 2.37. The fourth-order valence-electron chi connectivity index (χ4n) is 4.12. The predicted molar refractivity (Wildman–Crippen MR) is 131 cm³/mol. The Morgan fingerprint density at radius 2 is 1.85 bits per heavy atom. The van der Waals surface area contributed by atoms with E-state index in [2.05, 4.69) is 21.7 Å². The predicted octanol–water partition coefficient (Wildman–Crippen LogP) is 4.79. The van der Waals surface area contributed by atoms with Crippen LogP contribution in [0, 0.1) is 12.3 Å². The second-order valence-electron chi connectivity index (χ2n) is 9.14. The molecule has 0 aliphatic heterocycles. The standard InChI is InChI=1S/C27H28N4O3/c1-17-22(6-4-7-23(17)31-26(33)27(12-13-27)25(28)32)30-24-11-10-20(15-21(24)18-8-9-18)34-16-19-5-2-3-14-29-19/h2-7,10-11,14-15,18,30H,8-9,12-13,16H2,1H3,(H2,28,32)(H,31,33). The number of primary amides is 1. The molecule has 34 heavy (non-hydrogen) atoms. The molecule has 0 atom stereocenters. The molecule has 7 nitrogen and oxygen atoms in total. The molecule has 0 radical (unpaired) electrons. The van der Waals surface area contributed by atoms with Crippen LogP contribution in [0.25, 0.3) is 0 Å². The molecule has 174 valence electrons. The van der Waals surface area contributed by atoms with E-state index in [1.165, 1.54) is 5.56 Å². The molecular formula is C27H28N4O3. The van der Waals surface area contributed by atoms with Crippen LogP contribution in [-0.2, 0) is 16.2 Å². The molecule has 0 spiro atoms. The minimum absolute atomic E-state index is 0.326. The Morgan fingerprint density at radius 1 is 1.06 bits per heavy atom. The van der Waals surface area contributed by atoms with Crippen molar-refractivity contribution in [1.82, 2.24) is 4.98 Å². The molecule has 1 aromatic heterocycles. The van der Waals surface area contributed by atoms with Crippen molar-refractivity contribution in [2.24, 2.45) is 11.1 Å². The number of carbonyl (C=O) groups excluding carboxylic acids is 2. The highest BCUT2D eigenvalue weighted by Crippen LogP contribution is 2.47. The highest BCUT2D eigenvalue weighted by molar-refractivity contribution is 6.12. The fourth-order valence-corrected chi connectivity index (χ4v) is 4.12. The molecule has 2 aliphatic carbocycles. The number of nitrogens with one attached hydrogen (secondary N) is 2. The number of nitrogens with zero attached hydrogens (tertiary/aromatic N) is 1. The number of nitrogens with two attached hydrogens (primary N) is 1. The van der Waals surface area contributed by atoms with Crippen LogP contribution in [-0.4, -0.2) is 16.8 Å². The summed E-state index contributed by atoms with van der Waals surface area (Å²) >= 11 is 0. The lowest BCUT2D eigenvalue weighted by Gasteiger charge is -2.18. The van der Waals surface area contributed by atoms with Crippen LogP contribution in [0.5, 0.6) is 5.75 Å². The van der Waals surface area contributed by atoms with Gasteiger partial charge in [0.15, 0.2) is 0 Å². The molecule has 5 rings (SSSR count). The smallest absolute Gasteiger partial charge is 0.240 e. The highest BCUT2D eigenvalue weighted by Gasteiger charge is 2.55. The van der Waals surface area contributed by atoms with Crippen molar-refractivity contribution in [3.05, 3.63) is 77.6 Å². The first-order valence-electron chi connectivity index (χ1n) is 11.6. The van der Waals surface area contributed by atoms with Gasteiger partial charge in [0.05, 0.1) is 5.69 Å². The van der Waals surface area contributed by atoms with Crippen LogP contribution in [0.3, 0.4) is 0 Å². The largest absolute Gasteiger partial charge is 0.487 e. The lowest BCUT2D eigenvalue weighted by Crippen LogP contribution is -2.36. The van der Waals surface area contributed by atoms with Gasteiger partial charge in [-0.05, 0) is 92.1 Å². The molecule has 3 aromatic rings. The van der Waals surface area contributed by atoms with E-state index in [1.807, 2.05) is 55.5 Å². The molecule has 0 unspecified atom stereocenters. The van der Waals surface area contributed by atoms with Gasteiger partial charge >= 0.3 is 0 Å². The summed E-state index contributed by atoms with van der Waals surface area (Å²) in [7, 11) is 0. The monoisotopic (exact) mass is 456 g/mol. The Balaban J connectivity index is 1.33. The third-order valence-electron chi connectivity index (χ3n) is 6.66. The van der Waals surface area contributed by atoms with Crippen molar-refractivity contribution < 1.29 is 14.3 Å². The summed E-state index contributed by atoms with van der Waals surface area (Å²) in [6.07, 6.45) is 5.08. The summed E-state index contributed by atoms with van der Waals surface area (Å²) < 4.78 is 5.98. The van der Waals surface area contributed by atoms with Crippen LogP contribution in [0.4, 0.5) is 17.1 Å². The van der Waals surface area contributed by atoms with Crippen molar-refractivity contribution in [2.45, 2.75) is 45.1 Å². The third kappa shape index (κ3) is 4.46. The van der Waals surface area contributed by atoms with Crippen LogP contribution >= 0.6 is 0 Å². The van der Waals surface area contributed by atoms with Gasteiger partial charge in [-0.3, -0.25) is 14.6 Å². The molecule has 0 saturated heterocycles. The third-order valence-corrected chi connectivity index (χ3v) is 6.66. The van der Waals surface area contributed by atoms with Gasteiger partial charge in [-0.25, -0.2) is 0 Å². The zero-order valence-corrected chi connectivity index (χ0v) is 19.1. The normalized spacial score (nSPS) is 15.9. The summed E-state index contributed by atoms with van der Waals surface area (Å²) in [4.78, 5) is 28.7. The topological polar surface area (TPSA) is 106 Å². The molecule has 4 N–H and O–H groups in total. The van der Waals surface area contributed by atoms with Crippen LogP contribution < -0.4 is 21.1 Å². The Bertz CT molecular complexity index is 1230. The summed E-state index contributed by atoms with van der Waals surface area (Å²) in [5.41, 5.74) is 9.99. The minimum atomic E-state index is -1.06. The lowest BCUT2D eigenvalue weighted by molar-refractivity contribution is -0.132. The number of benzene rings is 2. The molecule has 2 aliphatic rings. The van der Waals surface area contributed by atoms with Gasteiger partial charge in [0, 0.05) is 23.3 Å². The first kappa shape index (κ1) is 21.9. The SMILES string of the molecule is Cc1c(NC(=O)C2(C(N)=O)CC2)cccc1Nc1ccc(OCc2ccccn2)cc1C1CC1. The Morgan fingerprint density at radius 3 is 2.53 bits per heavy atom. The molecule has 7 heteroatoms. The number of carbonyl (C=O) groups is 2. The Hall–Kier alpha value is -3.87. The van der Waals surface area contributed by atoms with Crippen molar-refractivity contribution in [3.8, 4) is 5.75 Å². The van der Waals surface area contributed by atoms with E-state index in [4.69, 9.17) is 10.5 Å².